The molecule has 0 aromatic carbocycles. The lowest BCUT2D eigenvalue weighted by molar-refractivity contribution is 0.126. The molecule has 1 rings (SSSR count). The van der Waals surface area contributed by atoms with E-state index in [1.54, 1.807) is 12.1 Å². The van der Waals surface area contributed by atoms with Crippen molar-refractivity contribution in [3.05, 3.63) is 24.1 Å². The number of hydrogen-bond acceptors (Lipinski definition) is 3. The van der Waals surface area contributed by atoms with E-state index in [1.807, 2.05) is 6.92 Å². The molecule has 0 amide bonds. The minimum atomic E-state index is -0.469. The number of pyridine rings is 1. The van der Waals surface area contributed by atoms with Gasteiger partial charge in [-0.05, 0) is 25.0 Å². The fourth-order valence-corrected chi connectivity index (χ4v) is 1.32. The van der Waals surface area contributed by atoms with Crippen LogP contribution in [0, 0.1) is 11.9 Å². The smallest absolute Gasteiger partial charge is 0.214 e. The summed E-state index contributed by atoms with van der Waals surface area (Å²) in [4.78, 5) is 3.77. The predicted molar refractivity (Wildman–Crippen MR) is 62.9 cm³/mol. The highest BCUT2D eigenvalue weighted by Gasteiger charge is 2.13. The van der Waals surface area contributed by atoms with Crippen molar-refractivity contribution in [1.82, 2.24) is 4.98 Å². The van der Waals surface area contributed by atoms with E-state index < -0.39 is 5.95 Å². The van der Waals surface area contributed by atoms with E-state index in [9.17, 15) is 4.39 Å². The molecular weight excluding hydrogens is 207 g/mol. The first-order valence-electron chi connectivity index (χ1n) is 5.60. The van der Waals surface area contributed by atoms with Gasteiger partial charge in [-0.3, -0.25) is 0 Å². The summed E-state index contributed by atoms with van der Waals surface area (Å²) in [6.07, 6.45) is 0. The van der Waals surface area contributed by atoms with Gasteiger partial charge in [-0.15, -0.1) is 0 Å². The van der Waals surface area contributed by atoms with Gasteiger partial charge in [0.25, 0.3) is 0 Å². The Morgan fingerprint density at radius 1 is 1.44 bits per heavy atom. The zero-order valence-electron chi connectivity index (χ0n) is 10.0. The number of rotatable bonds is 6. The molecule has 0 spiro atoms. The quantitative estimate of drug-likeness (QED) is 0.757. The Labute approximate surface area is 96.0 Å². The van der Waals surface area contributed by atoms with Crippen LogP contribution in [0.4, 0.5) is 10.2 Å². The van der Waals surface area contributed by atoms with Crippen LogP contribution in [0.3, 0.4) is 0 Å². The molecule has 1 aromatic heterocycles. The van der Waals surface area contributed by atoms with Crippen LogP contribution in [0.1, 0.15) is 20.8 Å². The van der Waals surface area contributed by atoms with Crippen molar-refractivity contribution in [3.63, 3.8) is 0 Å². The monoisotopic (exact) mass is 226 g/mol. The Morgan fingerprint density at radius 3 is 2.75 bits per heavy atom. The number of nitrogens with one attached hydrogen (secondary N) is 1. The molecule has 0 aliphatic carbocycles. The maximum atomic E-state index is 12.9. The summed E-state index contributed by atoms with van der Waals surface area (Å²) in [7, 11) is 0. The van der Waals surface area contributed by atoms with Gasteiger partial charge in [-0.1, -0.05) is 19.9 Å². The van der Waals surface area contributed by atoms with Crippen LogP contribution in [0.15, 0.2) is 18.2 Å². The average Bonchev–Trinajstić information content (AvgIpc) is 2.24. The summed E-state index contributed by atoms with van der Waals surface area (Å²) in [5.74, 6) is 0.485. The molecule has 0 saturated heterocycles. The van der Waals surface area contributed by atoms with E-state index in [4.69, 9.17) is 4.74 Å². The van der Waals surface area contributed by atoms with Gasteiger partial charge in [0.05, 0.1) is 12.6 Å². The maximum Gasteiger partial charge on any atom is 0.214 e. The van der Waals surface area contributed by atoms with Crippen molar-refractivity contribution in [2.45, 2.75) is 26.8 Å². The summed E-state index contributed by atoms with van der Waals surface area (Å²) in [5, 5.41) is 3.18. The SMILES string of the molecule is CCOCC(Nc1cccc(F)n1)C(C)C. The molecular formula is C12H19FN2O. The second-order valence-electron chi connectivity index (χ2n) is 4.00. The highest BCUT2D eigenvalue weighted by atomic mass is 19.1. The Hall–Kier alpha value is -1.16. The normalized spacial score (nSPS) is 12.8. The van der Waals surface area contributed by atoms with Crippen LogP contribution in [0.2, 0.25) is 0 Å². The van der Waals surface area contributed by atoms with Crippen molar-refractivity contribution < 1.29 is 9.13 Å². The molecule has 0 fully saturated rings. The summed E-state index contributed by atoms with van der Waals surface area (Å²) >= 11 is 0. The highest BCUT2D eigenvalue weighted by molar-refractivity contribution is 5.35. The van der Waals surface area contributed by atoms with Gasteiger partial charge in [-0.2, -0.15) is 4.39 Å². The fourth-order valence-electron chi connectivity index (χ4n) is 1.32. The largest absolute Gasteiger partial charge is 0.380 e. The lowest BCUT2D eigenvalue weighted by Crippen LogP contribution is -2.31. The first-order chi connectivity index (χ1) is 7.63. The molecule has 1 heterocycles. The Balaban J connectivity index is 2.60. The summed E-state index contributed by atoms with van der Waals surface area (Å²) in [6.45, 7) is 7.43. The van der Waals surface area contributed by atoms with Crippen molar-refractivity contribution >= 4 is 5.82 Å². The zero-order valence-corrected chi connectivity index (χ0v) is 10.0. The summed E-state index contributed by atoms with van der Waals surface area (Å²) < 4.78 is 18.3. The van der Waals surface area contributed by atoms with Gasteiger partial charge in [0, 0.05) is 6.61 Å². The number of aromatic nitrogens is 1. The standard InChI is InChI=1S/C12H19FN2O/c1-4-16-8-10(9(2)3)14-12-7-5-6-11(13)15-12/h5-7,9-10H,4,8H2,1-3H3,(H,14,15). The molecule has 1 atom stereocenters. The van der Waals surface area contributed by atoms with Gasteiger partial charge in [0.1, 0.15) is 5.82 Å². The summed E-state index contributed by atoms with van der Waals surface area (Å²) in [5.41, 5.74) is 0. The minimum absolute atomic E-state index is 0.147. The third-order valence-electron chi connectivity index (χ3n) is 2.35. The molecule has 0 saturated carbocycles. The minimum Gasteiger partial charge on any atom is -0.380 e. The topological polar surface area (TPSA) is 34.1 Å². The average molecular weight is 226 g/mol. The molecule has 0 bridgehead atoms. The van der Waals surface area contributed by atoms with Gasteiger partial charge >= 0.3 is 0 Å². The lowest BCUT2D eigenvalue weighted by Gasteiger charge is -2.22. The van der Waals surface area contributed by atoms with Gasteiger partial charge in [-0.25, -0.2) is 4.98 Å². The van der Waals surface area contributed by atoms with Crippen LogP contribution in [0.5, 0.6) is 0 Å². The highest BCUT2D eigenvalue weighted by Crippen LogP contribution is 2.11. The number of ether oxygens (including phenoxy) is 1. The molecule has 3 nitrogen and oxygen atoms in total. The Bertz CT molecular complexity index is 318. The van der Waals surface area contributed by atoms with Gasteiger partial charge in [0.2, 0.25) is 5.95 Å². The number of nitrogens with zero attached hydrogens (tertiary/aromatic N) is 1. The van der Waals surface area contributed by atoms with Gasteiger partial charge in [0.15, 0.2) is 0 Å². The van der Waals surface area contributed by atoms with E-state index in [2.05, 4.69) is 24.1 Å². The molecule has 16 heavy (non-hydrogen) atoms. The first-order valence-corrected chi connectivity index (χ1v) is 5.60. The predicted octanol–water partition coefficient (Wildman–Crippen LogP) is 2.69. The molecule has 1 N–H and O–H groups in total. The first kappa shape index (κ1) is 12.9. The van der Waals surface area contributed by atoms with E-state index in [-0.39, 0.29) is 6.04 Å². The zero-order chi connectivity index (χ0) is 12.0. The molecule has 90 valence electrons. The van der Waals surface area contributed by atoms with Gasteiger partial charge < -0.3 is 10.1 Å². The van der Waals surface area contributed by atoms with Crippen molar-refractivity contribution in [3.8, 4) is 0 Å². The van der Waals surface area contributed by atoms with Crippen LogP contribution in [0.25, 0.3) is 0 Å². The van der Waals surface area contributed by atoms with Crippen LogP contribution < -0.4 is 5.32 Å². The van der Waals surface area contributed by atoms with Crippen molar-refractivity contribution in [2.75, 3.05) is 18.5 Å². The van der Waals surface area contributed by atoms with E-state index in [0.29, 0.717) is 24.9 Å². The Morgan fingerprint density at radius 2 is 2.19 bits per heavy atom. The number of halogens is 1. The van der Waals surface area contributed by atoms with E-state index >= 15 is 0 Å². The van der Waals surface area contributed by atoms with Crippen LogP contribution in [-0.4, -0.2) is 24.2 Å². The lowest BCUT2D eigenvalue weighted by atomic mass is 10.1. The third-order valence-corrected chi connectivity index (χ3v) is 2.35. The molecule has 0 aliphatic rings. The second kappa shape index (κ2) is 6.43. The van der Waals surface area contributed by atoms with E-state index in [0.717, 1.165) is 0 Å². The van der Waals surface area contributed by atoms with Crippen LogP contribution >= 0.6 is 0 Å². The molecule has 0 radical (unpaired) electrons. The molecule has 1 unspecified atom stereocenters. The maximum absolute atomic E-state index is 12.9. The molecule has 4 heteroatoms. The van der Waals surface area contributed by atoms with Crippen molar-refractivity contribution in [2.24, 2.45) is 5.92 Å². The van der Waals surface area contributed by atoms with E-state index in [1.165, 1.54) is 6.07 Å². The third kappa shape index (κ3) is 4.14. The number of anilines is 1. The number of hydrogen-bond donors (Lipinski definition) is 1. The van der Waals surface area contributed by atoms with Crippen molar-refractivity contribution in [1.29, 1.82) is 0 Å². The Kier molecular flexibility index (Phi) is 5.19. The fraction of sp³-hybridized carbons (Fsp3) is 0.583. The van der Waals surface area contributed by atoms with Crippen LogP contribution in [-0.2, 0) is 4.74 Å². The molecule has 1 aromatic rings. The molecule has 0 aliphatic heterocycles. The summed E-state index contributed by atoms with van der Waals surface area (Å²) in [6, 6.07) is 4.87. The second-order valence-corrected chi connectivity index (χ2v) is 4.00.